The van der Waals surface area contributed by atoms with Gasteiger partial charge in [-0.25, -0.2) is 4.98 Å². The first kappa shape index (κ1) is 15.6. The molecule has 0 atom stereocenters. The predicted octanol–water partition coefficient (Wildman–Crippen LogP) is 2.75. The molecular formula is C19H25N3O2. The van der Waals surface area contributed by atoms with Gasteiger partial charge in [0.15, 0.2) is 11.5 Å². The molecule has 5 heteroatoms. The molecule has 4 rings (SSSR count). The first-order valence-electron chi connectivity index (χ1n) is 9.15. The Morgan fingerprint density at radius 1 is 1.21 bits per heavy atom. The lowest BCUT2D eigenvalue weighted by molar-refractivity contribution is -0.123. The number of benzene rings is 1. The zero-order valence-electron chi connectivity index (χ0n) is 14.0. The number of aromatic nitrogens is 1. The SMILES string of the molecule is O=C(NC1CCN(CCCc2nc3ccccc3o2)CC1)C1CC1. The van der Waals surface area contributed by atoms with E-state index in [2.05, 4.69) is 15.2 Å². The fourth-order valence-corrected chi connectivity index (χ4v) is 3.45. The van der Waals surface area contributed by atoms with Crippen LogP contribution in [-0.4, -0.2) is 41.5 Å². The van der Waals surface area contributed by atoms with Crippen molar-refractivity contribution in [2.24, 2.45) is 5.92 Å². The first-order chi connectivity index (χ1) is 11.8. The third-order valence-corrected chi connectivity index (χ3v) is 5.09. The van der Waals surface area contributed by atoms with Crippen molar-refractivity contribution in [2.75, 3.05) is 19.6 Å². The molecule has 1 amide bonds. The summed E-state index contributed by atoms with van der Waals surface area (Å²) < 4.78 is 5.77. The Kier molecular flexibility index (Phi) is 4.52. The van der Waals surface area contributed by atoms with E-state index in [0.717, 1.165) is 75.1 Å². The van der Waals surface area contributed by atoms with Crippen molar-refractivity contribution in [1.29, 1.82) is 0 Å². The number of nitrogens with one attached hydrogen (secondary N) is 1. The quantitative estimate of drug-likeness (QED) is 0.886. The third-order valence-electron chi connectivity index (χ3n) is 5.09. The van der Waals surface area contributed by atoms with Crippen molar-refractivity contribution in [2.45, 2.75) is 44.6 Å². The molecule has 1 N–H and O–H groups in total. The van der Waals surface area contributed by atoms with E-state index in [4.69, 9.17) is 4.42 Å². The number of aryl methyl sites for hydroxylation is 1. The topological polar surface area (TPSA) is 58.4 Å². The van der Waals surface area contributed by atoms with Crippen molar-refractivity contribution in [3.8, 4) is 0 Å². The maximum absolute atomic E-state index is 11.8. The van der Waals surface area contributed by atoms with Crippen LogP contribution in [-0.2, 0) is 11.2 Å². The number of para-hydroxylation sites is 2. The summed E-state index contributed by atoms with van der Waals surface area (Å²) in [5.41, 5.74) is 1.82. The lowest BCUT2D eigenvalue weighted by Gasteiger charge is -2.32. The van der Waals surface area contributed by atoms with Gasteiger partial charge in [-0.15, -0.1) is 0 Å². The van der Waals surface area contributed by atoms with Crippen LogP contribution in [0, 0.1) is 5.92 Å². The van der Waals surface area contributed by atoms with Gasteiger partial charge in [0.2, 0.25) is 5.91 Å². The minimum absolute atomic E-state index is 0.282. The molecule has 2 fully saturated rings. The van der Waals surface area contributed by atoms with E-state index in [-0.39, 0.29) is 5.91 Å². The summed E-state index contributed by atoms with van der Waals surface area (Å²) in [6, 6.07) is 8.30. The normalized spacial score (nSPS) is 19.7. The first-order valence-corrected chi connectivity index (χ1v) is 9.15. The van der Waals surface area contributed by atoms with Gasteiger partial charge in [-0.1, -0.05) is 12.1 Å². The zero-order chi connectivity index (χ0) is 16.4. The number of hydrogen-bond acceptors (Lipinski definition) is 4. The smallest absolute Gasteiger partial charge is 0.223 e. The van der Waals surface area contributed by atoms with Gasteiger partial charge in [0.25, 0.3) is 0 Å². The molecule has 1 saturated heterocycles. The molecule has 1 aromatic heterocycles. The summed E-state index contributed by atoms with van der Waals surface area (Å²) in [4.78, 5) is 18.8. The van der Waals surface area contributed by atoms with Gasteiger partial charge < -0.3 is 14.6 Å². The van der Waals surface area contributed by atoms with Gasteiger partial charge in [-0.05, 0) is 50.8 Å². The molecule has 24 heavy (non-hydrogen) atoms. The Balaban J connectivity index is 1.18. The van der Waals surface area contributed by atoms with Crippen LogP contribution in [0.2, 0.25) is 0 Å². The van der Waals surface area contributed by atoms with Crippen molar-refractivity contribution in [3.63, 3.8) is 0 Å². The molecular weight excluding hydrogens is 302 g/mol. The number of carbonyl (C=O) groups excluding carboxylic acids is 1. The molecule has 0 bridgehead atoms. The van der Waals surface area contributed by atoms with Crippen LogP contribution >= 0.6 is 0 Å². The molecule has 128 valence electrons. The van der Waals surface area contributed by atoms with E-state index in [1.807, 2.05) is 24.3 Å². The van der Waals surface area contributed by atoms with Crippen molar-refractivity contribution in [3.05, 3.63) is 30.2 Å². The van der Waals surface area contributed by atoms with Gasteiger partial charge in [-0.3, -0.25) is 4.79 Å². The summed E-state index contributed by atoms with van der Waals surface area (Å²) in [5.74, 6) is 1.44. The molecule has 5 nitrogen and oxygen atoms in total. The van der Waals surface area contributed by atoms with Crippen LogP contribution < -0.4 is 5.32 Å². The number of piperidine rings is 1. The molecule has 2 aromatic rings. The zero-order valence-corrected chi connectivity index (χ0v) is 14.0. The highest BCUT2D eigenvalue weighted by molar-refractivity contribution is 5.81. The number of amides is 1. The highest BCUT2D eigenvalue weighted by atomic mass is 16.3. The number of carbonyl (C=O) groups is 1. The second kappa shape index (κ2) is 6.93. The van der Waals surface area contributed by atoms with E-state index in [0.29, 0.717) is 12.0 Å². The molecule has 1 aliphatic heterocycles. The minimum atomic E-state index is 0.282. The number of rotatable bonds is 6. The summed E-state index contributed by atoms with van der Waals surface area (Å²) in [7, 11) is 0. The van der Waals surface area contributed by atoms with Crippen LogP contribution in [0.1, 0.15) is 38.0 Å². The van der Waals surface area contributed by atoms with Crippen molar-refractivity contribution in [1.82, 2.24) is 15.2 Å². The van der Waals surface area contributed by atoms with Crippen molar-refractivity contribution < 1.29 is 9.21 Å². The largest absolute Gasteiger partial charge is 0.441 e. The summed E-state index contributed by atoms with van der Waals surface area (Å²) >= 11 is 0. The Labute approximate surface area is 142 Å². The molecule has 2 aliphatic rings. The van der Waals surface area contributed by atoms with Gasteiger partial charge in [0, 0.05) is 31.5 Å². The molecule has 0 unspecified atom stereocenters. The lowest BCUT2D eigenvalue weighted by Crippen LogP contribution is -2.45. The maximum atomic E-state index is 11.8. The van der Waals surface area contributed by atoms with Crippen LogP contribution in [0.15, 0.2) is 28.7 Å². The molecule has 1 aliphatic carbocycles. The average Bonchev–Trinajstić information content (AvgIpc) is 3.36. The van der Waals surface area contributed by atoms with Crippen LogP contribution in [0.25, 0.3) is 11.1 Å². The van der Waals surface area contributed by atoms with Crippen molar-refractivity contribution >= 4 is 17.0 Å². The standard InChI is InChI=1S/C19H25N3O2/c23-19(14-7-8-14)20-15-9-12-22(13-10-15)11-3-6-18-21-16-4-1-2-5-17(16)24-18/h1-2,4-5,14-15H,3,6-13H2,(H,20,23). The predicted molar refractivity (Wildman–Crippen MR) is 92.7 cm³/mol. The second-order valence-electron chi connectivity index (χ2n) is 7.08. The Hall–Kier alpha value is -1.88. The number of nitrogens with zero attached hydrogens (tertiary/aromatic N) is 2. The average molecular weight is 327 g/mol. The Bertz CT molecular complexity index is 666. The fourth-order valence-electron chi connectivity index (χ4n) is 3.45. The van der Waals surface area contributed by atoms with E-state index < -0.39 is 0 Å². The van der Waals surface area contributed by atoms with Crippen LogP contribution in [0.4, 0.5) is 0 Å². The maximum Gasteiger partial charge on any atom is 0.223 e. The fraction of sp³-hybridized carbons (Fsp3) is 0.579. The molecule has 0 spiro atoms. The summed E-state index contributed by atoms with van der Waals surface area (Å²) in [5, 5.41) is 3.21. The molecule has 0 radical (unpaired) electrons. The summed E-state index contributed by atoms with van der Waals surface area (Å²) in [6.45, 7) is 3.22. The van der Waals surface area contributed by atoms with Crippen LogP contribution in [0.5, 0.6) is 0 Å². The minimum Gasteiger partial charge on any atom is -0.441 e. The highest BCUT2D eigenvalue weighted by Gasteiger charge is 2.31. The van der Waals surface area contributed by atoms with E-state index in [1.54, 1.807) is 0 Å². The number of fused-ring (bicyclic) bond motifs is 1. The molecule has 2 heterocycles. The Morgan fingerprint density at radius 2 is 2.00 bits per heavy atom. The van der Waals surface area contributed by atoms with Gasteiger partial charge in [0.05, 0.1) is 0 Å². The summed E-state index contributed by atoms with van der Waals surface area (Å²) in [6.07, 6.45) is 6.25. The molecule has 1 aromatic carbocycles. The third kappa shape index (κ3) is 3.78. The van der Waals surface area contributed by atoms with E-state index in [1.165, 1.54) is 0 Å². The number of hydrogen-bond donors (Lipinski definition) is 1. The van der Waals surface area contributed by atoms with Crippen LogP contribution in [0.3, 0.4) is 0 Å². The number of oxazole rings is 1. The number of likely N-dealkylation sites (tertiary alicyclic amines) is 1. The lowest BCUT2D eigenvalue weighted by atomic mass is 10.0. The monoisotopic (exact) mass is 327 g/mol. The second-order valence-corrected chi connectivity index (χ2v) is 7.08. The van der Waals surface area contributed by atoms with E-state index in [9.17, 15) is 4.79 Å². The van der Waals surface area contributed by atoms with Gasteiger partial charge >= 0.3 is 0 Å². The molecule has 1 saturated carbocycles. The Morgan fingerprint density at radius 3 is 2.75 bits per heavy atom. The van der Waals surface area contributed by atoms with E-state index >= 15 is 0 Å². The highest BCUT2D eigenvalue weighted by Crippen LogP contribution is 2.29. The van der Waals surface area contributed by atoms with Gasteiger partial charge in [-0.2, -0.15) is 0 Å². The van der Waals surface area contributed by atoms with Gasteiger partial charge in [0.1, 0.15) is 5.52 Å².